The summed E-state index contributed by atoms with van der Waals surface area (Å²) >= 11 is 7.52. The van der Waals surface area contributed by atoms with Crippen molar-refractivity contribution in [2.24, 2.45) is 10.4 Å². The Kier molecular flexibility index (Phi) is 6.85. The smallest absolute Gasteiger partial charge is 0.335 e. The number of H-pyrrole nitrogens is 1. The first-order chi connectivity index (χ1) is 16.2. The van der Waals surface area contributed by atoms with Crippen molar-refractivity contribution in [3.63, 3.8) is 0 Å². The van der Waals surface area contributed by atoms with Crippen LogP contribution < -0.4 is 17.0 Å². The van der Waals surface area contributed by atoms with Gasteiger partial charge in [0.25, 0.3) is 0 Å². The molecule has 0 bridgehead atoms. The number of rotatable bonds is 7. The van der Waals surface area contributed by atoms with Crippen LogP contribution in [-0.2, 0) is 13.1 Å². The van der Waals surface area contributed by atoms with Gasteiger partial charge in [0.15, 0.2) is 0 Å². The maximum atomic E-state index is 13.4. The van der Waals surface area contributed by atoms with Gasteiger partial charge in [-0.1, -0.05) is 30.7 Å². The monoisotopic (exact) mass is 501 g/mol. The van der Waals surface area contributed by atoms with Gasteiger partial charge in [0, 0.05) is 17.0 Å². The molecule has 3 N–H and O–H groups in total. The number of aliphatic hydroxyl groups is 2. The molecular formula is C23H24ClN5O4S. The maximum Gasteiger partial charge on any atom is 0.335 e. The van der Waals surface area contributed by atoms with Crippen molar-refractivity contribution in [3.05, 3.63) is 84.6 Å². The van der Waals surface area contributed by atoms with Crippen LogP contribution in [0.5, 0.6) is 0 Å². The summed E-state index contributed by atoms with van der Waals surface area (Å²) in [7, 11) is 0. The quantitative estimate of drug-likeness (QED) is 0.358. The summed E-state index contributed by atoms with van der Waals surface area (Å²) in [6.07, 6.45) is 0. The minimum absolute atomic E-state index is 0.0801. The van der Waals surface area contributed by atoms with E-state index in [4.69, 9.17) is 11.6 Å². The van der Waals surface area contributed by atoms with Crippen LogP contribution in [0.15, 0.2) is 57.0 Å². The predicted octanol–water partition coefficient (Wildman–Crippen LogP) is 2.18. The number of hydrogen-bond acceptors (Lipinski definition) is 7. The molecule has 4 aromatic rings. The zero-order valence-electron chi connectivity index (χ0n) is 18.7. The molecule has 9 nitrogen and oxygen atoms in total. The molecule has 2 aromatic heterocycles. The largest absolute Gasteiger partial charge is 0.396 e. The van der Waals surface area contributed by atoms with Crippen molar-refractivity contribution in [2.45, 2.75) is 26.9 Å². The summed E-state index contributed by atoms with van der Waals surface area (Å²) in [5, 5.41) is 20.8. The lowest BCUT2D eigenvalue weighted by molar-refractivity contribution is 0.0526. The van der Waals surface area contributed by atoms with Gasteiger partial charge in [0.2, 0.25) is 5.62 Å². The van der Waals surface area contributed by atoms with Gasteiger partial charge < -0.3 is 10.2 Å². The number of aryl methyl sites for hydroxylation is 1. The van der Waals surface area contributed by atoms with Crippen LogP contribution in [0, 0.1) is 12.3 Å². The summed E-state index contributed by atoms with van der Waals surface area (Å²) in [6.45, 7) is 2.68. The van der Waals surface area contributed by atoms with Crippen LogP contribution >= 0.6 is 22.9 Å². The highest BCUT2D eigenvalue weighted by Crippen LogP contribution is 2.25. The Bertz CT molecular complexity index is 1510. The van der Waals surface area contributed by atoms with Crippen LogP contribution in [-0.4, -0.2) is 42.5 Å². The van der Waals surface area contributed by atoms with Crippen molar-refractivity contribution in [1.82, 2.24) is 19.1 Å². The van der Waals surface area contributed by atoms with Gasteiger partial charge in [-0.2, -0.15) is 0 Å². The fourth-order valence-corrected chi connectivity index (χ4v) is 4.43. The molecule has 0 aliphatic carbocycles. The normalized spacial score (nSPS) is 12.6. The summed E-state index contributed by atoms with van der Waals surface area (Å²) in [6, 6.07) is 12.5. The molecule has 0 atom stereocenters. The summed E-state index contributed by atoms with van der Waals surface area (Å²) in [5.41, 5.74) is -0.0724. The molecule has 0 spiro atoms. The van der Waals surface area contributed by atoms with Crippen molar-refractivity contribution in [2.75, 3.05) is 13.2 Å². The Balaban J connectivity index is 1.90. The summed E-state index contributed by atoms with van der Waals surface area (Å²) in [5.74, 6) is 0. The second kappa shape index (κ2) is 9.67. The Morgan fingerprint density at radius 1 is 1.12 bits per heavy atom. The Morgan fingerprint density at radius 3 is 2.50 bits per heavy atom. The lowest BCUT2D eigenvalue weighted by Gasteiger charge is -2.25. The highest BCUT2D eigenvalue weighted by atomic mass is 35.5. The van der Waals surface area contributed by atoms with E-state index < -0.39 is 30.0 Å². The van der Waals surface area contributed by atoms with Crippen LogP contribution in [0.1, 0.15) is 17.5 Å². The van der Waals surface area contributed by atoms with E-state index in [9.17, 15) is 19.8 Å². The summed E-state index contributed by atoms with van der Waals surface area (Å²) in [4.78, 5) is 38.0. The molecule has 11 heteroatoms. The third-order valence-corrected chi connectivity index (χ3v) is 6.64. The van der Waals surface area contributed by atoms with Gasteiger partial charge in [-0.05, 0) is 42.8 Å². The van der Waals surface area contributed by atoms with E-state index in [-0.39, 0.29) is 18.7 Å². The van der Waals surface area contributed by atoms with Crippen molar-refractivity contribution in [1.29, 1.82) is 0 Å². The number of aliphatic hydroxyl groups excluding tert-OH is 2. The van der Waals surface area contributed by atoms with Gasteiger partial charge in [-0.25, -0.2) is 24.1 Å². The molecular weight excluding hydrogens is 478 g/mol. The van der Waals surface area contributed by atoms with E-state index >= 15 is 0 Å². The lowest BCUT2D eigenvalue weighted by atomic mass is 9.93. The molecule has 34 heavy (non-hydrogen) atoms. The molecule has 0 fully saturated rings. The number of nitrogens with zero attached hydrogens (tertiary/aromatic N) is 4. The number of halogens is 1. The number of nitrogens with one attached hydrogen (secondary N) is 1. The molecule has 0 saturated carbocycles. The number of fused-ring (bicyclic) bond motifs is 1. The number of thiazole rings is 1. The minimum atomic E-state index is -1.05. The molecule has 2 aromatic carbocycles. The second-order valence-corrected chi connectivity index (χ2v) is 10.1. The van der Waals surface area contributed by atoms with E-state index in [1.807, 2.05) is 19.1 Å². The predicted molar refractivity (Wildman–Crippen MR) is 132 cm³/mol. The number of aromatic amines is 1. The average Bonchev–Trinajstić information content (AvgIpc) is 3.19. The Morgan fingerprint density at radius 2 is 1.82 bits per heavy atom. The SMILES string of the molecule is Cc1nc2ccc(/N=c3\[nH]c(=O)n(CC(C)(CO)CO)c(=O)n3Cc3ccc(Cl)cc3)cc2s1. The lowest BCUT2D eigenvalue weighted by Crippen LogP contribution is -2.52. The standard InChI is InChI=1S/C23H24ClN5O4S/c1-14-25-18-8-7-17(9-19(18)34-14)26-20-27-21(32)29(11-23(2,12-30)13-31)22(33)28(20)10-15-3-5-16(24)6-4-15/h3-9,30-31H,10-13H2,1-2H3,(H,26,27,32). The van der Waals surface area contributed by atoms with Crippen molar-refractivity contribution < 1.29 is 10.2 Å². The van der Waals surface area contributed by atoms with Gasteiger partial charge in [-0.15, -0.1) is 11.3 Å². The molecule has 0 radical (unpaired) electrons. The molecule has 0 unspecified atom stereocenters. The van der Waals surface area contributed by atoms with Gasteiger partial charge in [0.1, 0.15) is 0 Å². The molecule has 0 aliphatic heterocycles. The average molecular weight is 502 g/mol. The van der Waals surface area contributed by atoms with E-state index in [1.165, 1.54) is 15.9 Å². The van der Waals surface area contributed by atoms with Crippen molar-refractivity contribution >= 4 is 38.8 Å². The van der Waals surface area contributed by atoms with Gasteiger partial charge >= 0.3 is 11.4 Å². The molecule has 0 saturated heterocycles. The van der Waals surface area contributed by atoms with E-state index in [0.717, 1.165) is 25.4 Å². The molecule has 0 amide bonds. The zero-order valence-corrected chi connectivity index (χ0v) is 20.2. The molecule has 178 valence electrons. The minimum Gasteiger partial charge on any atom is -0.396 e. The second-order valence-electron chi connectivity index (χ2n) is 8.46. The fourth-order valence-electron chi connectivity index (χ4n) is 3.45. The van der Waals surface area contributed by atoms with Crippen LogP contribution in [0.25, 0.3) is 10.2 Å². The number of aromatic nitrogens is 4. The fraction of sp³-hybridized carbons (Fsp3) is 0.304. The highest BCUT2D eigenvalue weighted by Gasteiger charge is 2.25. The zero-order chi connectivity index (χ0) is 24.5. The summed E-state index contributed by atoms with van der Waals surface area (Å²) < 4.78 is 3.26. The molecule has 0 aliphatic rings. The van der Waals surface area contributed by atoms with Crippen LogP contribution in [0.3, 0.4) is 0 Å². The van der Waals surface area contributed by atoms with E-state index in [0.29, 0.717) is 10.7 Å². The third-order valence-electron chi connectivity index (χ3n) is 5.45. The van der Waals surface area contributed by atoms with Gasteiger partial charge in [-0.3, -0.25) is 9.55 Å². The van der Waals surface area contributed by atoms with Crippen molar-refractivity contribution in [3.8, 4) is 0 Å². The molecule has 2 heterocycles. The third kappa shape index (κ3) is 5.05. The van der Waals surface area contributed by atoms with Crippen LogP contribution in [0.4, 0.5) is 5.69 Å². The van der Waals surface area contributed by atoms with E-state index in [2.05, 4.69) is 15.0 Å². The first-order valence-electron chi connectivity index (χ1n) is 10.5. The number of benzene rings is 2. The first kappa shape index (κ1) is 24.1. The highest BCUT2D eigenvalue weighted by molar-refractivity contribution is 7.18. The topological polar surface area (TPSA) is 126 Å². The maximum absolute atomic E-state index is 13.4. The van der Waals surface area contributed by atoms with E-state index in [1.54, 1.807) is 37.3 Å². The Labute approximate surface area is 203 Å². The first-order valence-corrected chi connectivity index (χ1v) is 11.7. The Hall–Kier alpha value is -3.05. The molecule has 4 rings (SSSR count). The number of hydrogen-bond donors (Lipinski definition) is 3. The van der Waals surface area contributed by atoms with Gasteiger partial charge in [0.05, 0.1) is 40.7 Å². The van der Waals surface area contributed by atoms with Crippen LogP contribution in [0.2, 0.25) is 5.02 Å².